The fraction of sp³-hybridized carbons (Fsp3) is 0.200. The molecule has 33 heavy (non-hydrogen) atoms. The number of pyridine rings is 1. The molecule has 0 radical (unpaired) electrons. The van der Waals surface area contributed by atoms with Crippen LogP contribution in [-0.4, -0.2) is 45.9 Å². The standard InChI is InChI=1S/C23H22FN5O.C2H5N/c1-3-16-14-29(15-18-7-5-4-6-8-20(18)24)28-22(16)23-26-12-19(13-27-23)17-9-10-25-21(11-17)30-2;1-2-3/h3-6,8-13H,7,14-15H2,1-2H3;2H,1,3H2/b16-3+;. The Labute approximate surface area is 193 Å². The Hall–Kier alpha value is -4.07. The molecule has 2 aliphatic rings. The molecule has 0 bridgehead atoms. The lowest BCUT2D eigenvalue weighted by Crippen LogP contribution is -2.18. The molecule has 7 nitrogen and oxygen atoms in total. The van der Waals surface area contributed by atoms with E-state index in [1.807, 2.05) is 42.3 Å². The number of ether oxygens (including phenoxy) is 1. The predicted molar refractivity (Wildman–Crippen MR) is 129 cm³/mol. The lowest BCUT2D eigenvalue weighted by atomic mass is 10.1. The van der Waals surface area contributed by atoms with Gasteiger partial charge in [-0.25, -0.2) is 19.3 Å². The zero-order chi connectivity index (χ0) is 23.6. The SMILES string of the molecule is C/C=C1\CN(CC2=C(F)C=CC=CC2)N=C1c1ncc(-c2ccnc(OC)c2)cn1.C=CN. The molecule has 0 saturated heterocycles. The third kappa shape index (κ3) is 6.00. The molecular weight excluding hydrogens is 419 g/mol. The average Bonchev–Trinajstić information content (AvgIpc) is 3.15. The van der Waals surface area contributed by atoms with Gasteiger partial charge in [0, 0.05) is 35.8 Å². The minimum Gasteiger partial charge on any atom is -0.481 e. The molecular formula is C25H27FN6O. The maximum Gasteiger partial charge on any atom is 0.213 e. The van der Waals surface area contributed by atoms with Crippen LogP contribution in [0.1, 0.15) is 19.2 Å². The second kappa shape index (κ2) is 11.5. The molecule has 1 aliphatic carbocycles. The number of nitrogens with zero attached hydrogens (tertiary/aromatic N) is 5. The number of nitrogens with two attached hydrogens (primary N) is 1. The molecule has 2 aromatic rings. The molecule has 2 N–H and O–H groups in total. The van der Waals surface area contributed by atoms with E-state index in [-0.39, 0.29) is 5.83 Å². The Bertz CT molecular complexity index is 1130. The van der Waals surface area contributed by atoms with Crippen LogP contribution in [-0.2, 0) is 0 Å². The normalized spacial score (nSPS) is 16.3. The van der Waals surface area contributed by atoms with E-state index >= 15 is 0 Å². The first-order valence-corrected chi connectivity index (χ1v) is 10.4. The van der Waals surface area contributed by atoms with Crippen LogP contribution in [0, 0.1) is 0 Å². The lowest BCUT2D eigenvalue weighted by molar-refractivity contribution is 0.354. The molecule has 3 heterocycles. The van der Waals surface area contributed by atoms with Gasteiger partial charge in [-0.15, -0.1) is 0 Å². The van der Waals surface area contributed by atoms with Gasteiger partial charge in [-0.2, -0.15) is 5.10 Å². The Morgan fingerprint density at radius 3 is 2.67 bits per heavy atom. The number of allylic oxidation sites excluding steroid dienone is 6. The highest BCUT2D eigenvalue weighted by molar-refractivity contribution is 6.11. The molecule has 0 saturated carbocycles. The zero-order valence-electron chi connectivity index (χ0n) is 18.8. The first kappa shape index (κ1) is 23.6. The van der Waals surface area contributed by atoms with Gasteiger partial charge in [0.1, 0.15) is 11.5 Å². The maximum absolute atomic E-state index is 14.2. The summed E-state index contributed by atoms with van der Waals surface area (Å²) >= 11 is 0. The summed E-state index contributed by atoms with van der Waals surface area (Å²) in [4.78, 5) is 13.2. The van der Waals surface area contributed by atoms with Gasteiger partial charge in [0.05, 0.1) is 20.2 Å². The fourth-order valence-corrected chi connectivity index (χ4v) is 3.32. The second-order valence-corrected chi connectivity index (χ2v) is 7.15. The number of hydrogen-bond acceptors (Lipinski definition) is 7. The van der Waals surface area contributed by atoms with Gasteiger partial charge in [-0.1, -0.05) is 30.9 Å². The maximum atomic E-state index is 14.2. The minimum absolute atomic E-state index is 0.195. The van der Waals surface area contributed by atoms with E-state index < -0.39 is 0 Å². The first-order valence-electron chi connectivity index (χ1n) is 10.4. The molecule has 0 atom stereocenters. The van der Waals surface area contributed by atoms with Gasteiger partial charge in [-0.05, 0) is 42.8 Å². The van der Waals surface area contributed by atoms with Crippen LogP contribution in [0.2, 0.25) is 0 Å². The van der Waals surface area contributed by atoms with Crippen molar-refractivity contribution < 1.29 is 9.13 Å². The summed E-state index contributed by atoms with van der Waals surface area (Å²) in [7, 11) is 1.58. The monoisotopic (exact) mass is 446 g/mol. The van der Waals surface area contributed by atoms with Crippen molar-refractivity contribution in [2.24, 2.45) is 10.8 Å². The van der Waals surface area contributed by atoms with Crippen molar-refractivity contribution in [2.45, 2.75) is 13.3 Å². The Morgan fingerprint density at radius 2 is 1.97 bits per heavy atom. The van der Waals surface area contributed by atoms with Gasteiger partial charge in [0.25, 0.3) is 0 Å². The minimum atomic E-state index is -0.195. The highest BCUT2D eigenvalue weighted by Gasteiger charge is 2.24. The van der Waals surface area contributed by atoms with Crippen molar-refractivity contribution >= 4 is 5.71 Å². The highest BCUT2D eigenvalue weighted by atomic mass is 19.1. The van der Waals surface area contributed by atoms with Crippen molar-refractivity contribution in [3.05, 3.63) is 96.7 Å². The summed E-state index contributed by atoms with van der Waals surface area (Å²) in [5.41, 5.74) is 8.85. The number of halogens is 1. The summed E-state index contributed by atoms with van der Waals surface area (Å²) in [6.07, 6.45) is 16.1. The predicted octanol–water partition coefficient (Wildman–Crippen LogP) is 4.34. The van der Waals surface area contributed by atoms with E-state index in [0.29, 0.717) is 36.8 Å². The highest BCUT2D eigenvalue weighted by Crippen LogP contribution is 2.24. The molecule has 1 aliphatic heterocycles. The summed E-state index contributed by atoms with van der Waals surface area (Å²) in [5, 5.41) is 6.54. The largest absolute Gasteiger partial charge is 0.481 e. The van der Waals surface area contributed by atoms with E-state index in [9.17, 15) is 4.39 Å². The lowest BCUT2D eigenvalue weighted by Gasteiger charge is -2.15. The van der Waals surface area contributed by atoms with Crippen molar-refractivity contribution in [2.75, 3.05) is 20.2 Å². The van der Waals surface area contributed by atoms with E-state index in [2.05, 4.69) is 32.4 Å². The zero-order valence-corrected chi connectivity index (χ0v) is 18.8. The van der Waals surface area contributed by atoms with Crippen molar-refractivity contribution in [3.8, 4) is 17.0 Å². The van der Waals surface area contributed by atoms with E-state index in [4.69, 9.17) is 4.74 Å². The second-order valence-electron chi connectivity index (χ2n) is 7.15. The molecule has 0 aromatic carbocycles. The molecule has 0 spiro atoms. The van der Waals surface area contributed by atoms with Gasteiger partial charge in [0.2, 0.25) is 5.88 Å². The van der Waals surface area contributed by atoms with Crippen LogP contribution < -0.4 is 10.5 Å². The summed E-state index contributed by atoms with van der Waals surface area (Å²) in [6.45, 7) is 6.13. The van der Waals surface area contributed by atoms with Crippen LogP contribution in [0.3, 0.4) is 0 Å². The van der Waals surface area contributed by atoms with Crippen LogP contribution in [0.4, 0.5) is 4.39 Å². The van der Waals surface area contributed by atoms with Crippen molar-refractivity contribution in [1.29, 1.82) is 0 Å². The molecule has 0 fully saturated rings. The third-order valence-corrected chi connectivity index (χ3v) is 4.95. The molecule has 8 heteroatoms. The Balaban J connectivity index is 0.000000968. The number of methoxy groups -OCH3 is 1. The van der Waals surface area contributed by atoms with Crippen LogP contribution in [0.5, 0.6) is 5.88 Å². The smallest absolute Gasteiger partial charge is 0.213 e. The quantitative estimate of drug-likeness (QED) is 0.735. The molecule has 0 unspecified atom stereocenters. The summed E-state index contributed by atoms with van der Waals surface area (Å²) < 4.78 is 19.4. The van der Waals surface area contributed by atoms with Gasteiger partial charge >= 0.3 is 0 Å². The molecule has 170 valence electrons. The third-order valence-electron chi connectivity index (χ3n) is 4.95. The number of rotatable bonds is 5. The average molecular weight is 447 g/mol. The van der Waals surface area contributed by atoms with Crippen LogP contribution in [0.25, 0.3) is 11.1 Å². The van der Waals surface area contributed by atoms with Crippen molar-refractivity contribution in [3.63, 3.8) is 0 Å². The van der Waals surface area contributed by atoms with Gasteiger partial charge in [0.15, 0.2) is 5.82 Å². The topological polar surface area (TPSA) is 89.5 Å². The Kier molecular flexibility index (Phi) is 8.24. The van der Waals surface area contributed by atoms with E-state index in [0.717, 1.165) is 22.4 Å². The van der Waals surface area contributed by atoms with Gasteiger partial charge < -0.3 is 10.5 Å². The van der Waals surface area contributed by atoms with Gasteiger partial charge in [-0.3, -0.25) is 5.01 Å². The first-order chi connectivity index (χ1) is 16.1. The number of hydrazone groups is 1. The fourth-order valence-electron chi connectivity index (χ4n) is 3.32. The molecule has 0 amide bonds. The summed E-state index contributed by atoms with van der Waals surface area (Å²) in [6, 6.07) is 3.72. The van der Waals surface area contributed by atoms with E-state index in [1.54, 1.807) is 31.8 Å². The number of aromatic nitrogens is 3. The van der Waals surface area contributed by atoms with Crippen molar-refractivity contribution in [1.82, 2.24) is 20.0 Å². The number of hydrogen-bond donors (Lipinski definition) is 1. The van der Waals surface area contributed by atoms with Crippen LogP contribution >= 0.6 is 0 Å². The molecule has 2 aromatic heterocycles. The molecule has 4 rings (SSSR count). The Morgan fingerprint density at radius 1 is 1.21 bits per heavy atom. The summed E-state index contributed by atoms with van der Waals surface area (Å²) in [5.74, 6) is 0.887. The van der Waals surface area contributed by atoms with Crippen LogP contribution in [0.15, 0.2) is 96.0 Å². The van der Waals surface area contributed by atoms with E-state index in [1.165, 1.54) is 12.3 Å².